The van der Waals surface area contributed by atoms with E-state index >= 15 is 0 Å². The van der Waals surface area contributed by atoms with E-state index in [1.165, 1.54) is 31.7 Å². The van der Waals surface area contributed by atoms with Gasteiger partial charge in [-0.15, -0.1) is 0 Å². The Labute approximate surface area is 94.4 Å². The van der Waals surface area contributed by atoms with Crippen LogP contribution in [0.1, 0.15) is 36.0 Å². The average molecular weight is 222 g/mol. The molecular weight excluding hydrogens is 207 g/mol. The second-order valence-electron chi connectivity index (χ2n) is 4.27. The smallest absolute Gasteiger partial charge is 0.166 e. The first-order valence-corrected chi connectivity index (χ1v) is 5.57. The summed E-state index contributed by atoms with van der Waals surface area (Å²) in [5.74, 6) is 0.546. The standard InChI is InChI=1S/C13H15FO2/c1-16-13-6-5-10(14)8-11(13)12(15)7-9-3-2-4-9/h5-6,8-9H,2-4,7H2,1H3. The summed E-state index contributed by atoms with van der Waals surface area (Å²) < 4.78 is 18.1. The number of carbonyl (C=O) groups excluding carboxylic acids is 1. The average Bonchev–Trinajstić information content (AvgIpc) is 2.23. The minimum atomic E-state index is -0.391. The zero-order chi connectivity index (χ0) is 11.5. The third kappa shape index (κ3) is 2.23. The van der Waals surface area contributed by atoms with Gasteiger partial charge in [0.25, 0.3) is 0 Å². The Bertz CT molecular complexity index is 397. The van der Waals surface area contributed by atoms with Crippen LogP contribution in [0.25, 0.3) is 0 Å². The fourth-order valence-corrected chi connectivity index (χ4v) is 1.97. The molecule has 3 heteroatoms. The first kappa shape index (κ1) is 11.1. The van der Waals surface area contributed by atoms with E-state index in [4.69, 9.17) is 4.74 Å². The molecule has 0 heterocycles. The molecule has 0 amide bonds. The summed E-state index contributed by atoms with van der Waals surface area (Å²) in [6, 6.07) is 4.07. The van der Waals surface area contributed by atoms with E-state index in [9.17, 15) is 9.18 Å². The maximum Gasteiger partial charge on any atom is 0.166 e. The number of rotatable bonds is 4. The highest BCUT2D eigenvalue weighted by atomic mass is 19.1. The van der Waals surface area contributed by atoms with Gasteiger partial charge in [-0.05, 0) is 24.1 Å². The van der Waals surface area contributed by atoms with Crippen LogP contribution in [0.3, 0.4) is 0 Å². The van der Waals surface area contributed by atoms with Gasteiger partial charge in [-0.2, -0.15) is 0 Å². The van der Waals surface area contributed by atoms with Crippen molar-refractivity contribution in [2.75, 3.05) is 7.11 Å². The van der Waals surface area contributed by atoms with Crippen molar-refractivity contribution in [2.24, 2.45) is 5.92 Å². The molecule has 1 aliphatic rings. The van der Waals surface area contributed by atoms with Crippen LogP contribution in [-0.2, 0) is 0 Å². The number of hydrogen-bond acceptors (Lipinski definition) is 2. The maximum absolute atomic E-state index is 13.1. The van der Waals surface area contributed by atoms with Crippen molar-refractivity contribution in [3.05, 3.63) is 29.6 Å². The second kappa shape index (κ2) is 4.64. The number of benzene rings is 1. The summed E-state index contributed by atoms with van der Waals surface area (Å²) in [5.41, 5.74) is 0.370. The normalized spacial score (nSPS) is 15.6. The lowest BCUT2D eigenvalue weighted by Crippen LogP contribution is -2.16. The number of halogens is 1. The summed E-state index contributed by atoms with van der Waals surface area (Å²) in [6.07, 6.45) is 3.95. The van der Waals surface area contributed by atoms with E-state index in [0.717, 1.165) is 12.8 Å². The highest BCUT2D eigenvalue weighted by Crippen LogP contribution is 2.32. The monoisotopic (exact) mass is 222 g/mol. The van der Waals surface area contributed by atoms with E-state index in [2.05, 4.69) is 0 Å². The van der Waals surface area contributed by atoms with Crippen LogP contribution < -0.4 is 4.74 Å². The van der Waals surface area contributed by atoms with E-state index < -0.39 is 5.82 Å². The third-order valence-corrected chi connectivity index (χ3v) is 3.16. The zero-order valence-electron chi connectivity index (χ0n) is 9.33. The van der Waals surface area contributed by atoms with E-state index in [1.54, 1.807) is 0 Å². The fourth-order valence-electron chi connectivity index (χ4n) is 1.97. The fraction of sp³-hybridized carbons (Fsp3) is 0.462. The summed E-state index contributed by atoms with van der Waals surface area (Å²) in [4.78, 5) is 11.9. The van der Waals surface area contributed by atoms with Gasteiger partial charge < -0.3 is 4.74 Å². The molecule has 86 valence electrons. The number of carbonyl (C=O) groups is 1. The van der Waals surface area contributed by atoms with Gasteiger partial charge in [-0.25, -0.2) is 4.39 Å². The lowest BCUT2D eigenvalue weighted by Gasteiger charge is -2.24. The second-order valence-corrected chi connectivity index (χ2v) is 4.27. The Kier molecular flexibility index (Phi) is 3.22. The van der Waals surface area contributed by atoms with Gasteiger partial charge in [0, 0.05) is 6.42 Å². The molecule has 1 saturated carbocycles. The minimum Gasteiger partial charge on any atom is -0.496 e. The molecule has 0 aliphatic heterocycles. The van der Waals surface area contributed by atoms with E-state index in [1.807, 2.05) is 0 Å². The largest absolute Gasteiger partial charge is 0.496 e. The van der Waals surface area contributed by atoms with Crippen LogP contribution in [0.15, 0.2) is 18.2 Å². The molecule has 2 nitrogen and oxygen atoms in total. The Morgan fingerprint density at radius 2 is 2.25 bits per heavy atom. The molecule has 0 saturated heterocycles. The Hall–Kier alpha value is -1.38. The quantitative estimate of drug-likeness (QED) is 0.731. The first-order chi connectivity index (χ1) is 7.70. The van der Waals surface area contributed by atoms with Gasteiger partial charge in [0.1, 0.15) is 11.6 Å². The topological polar surface area (TPSA) is 26.3 Å². The molecule has 0 spiro atoms. The minimum absolute atomic E-state index is 0.0129. The van der Waals surface area contributed by atoms with Crippen LogP contribution >= 0.6 is 0 Å². The molecule has 2 rings (SSSR count). The summed E-state index contributed by atoms with van der Waals surface area (Å²) in [7, 11) is 1.49. The van der Waals surface area contributed by atoms with Crippen LogP contribution in [0, 0.1) is 11.7 Å². The molecule has 0 radical (unpaired) electrons. The van der Waals surface area contributed by atoms with Crippen molar-refractivity contribution in [1.29, 1.82) is 0 Å². The molecule has 0 bridgehead atoms. The van der Waals surface area contributed by atoms with Gasteiger partial charge in [-0.1, -0.05) is 19.3 Å². The van der Waals surface area contributed by atoms with Crippen LogP contribution in [-0.4, -0.2) is 12.9 Å². The molecule has 0 aromatic heterocycles. The van der Waals surface area contributed by atoms with Crippen LogP contribution in [0.4, 0.5) is 4.39 Å². The lowest BCUT2D eigenvalue weighted by molar-refractivity contribution is 0.0933. The highest BCUT2D eigenvalue weighted by molar-refractivity contribution is 5.98. The van der Waals surface area contributed by atoms with Crippen LogP contribution in [0.5, 0.6) is 5.75 Å². The van der Waals surface area contributed by atoms with Crippen molar-refractivity contribution in [1.82, 2.24) is 0 Å². The SMILES string of the molecule is COc1ccc(F)cc1C(=O)CC1CCC1. The third-order valence-electron chi connectivity index (χ3n) is 3.16. The number of hydrogen-bond donors (Lipinski definition) is 0. The Morgan fingerprint density at radius 3 is 2.81 bits per heavy atom. The Morgan fingerprint density at radius 1 is 1.50 bits per heavy atom. The van der Waals surface area contributed by atoms with Crippen molar-refractivity contribution < 1.29 is 13.9 Å². The first-order valence-electron chi connectivity index (χ1n) is 5.57. The maximum atomic E-state index is 13.1. The number of Topliss-reactive ketones (excluding diaryl/α,β-unsaturated/α-hetero) is 1. The van der Waals surface area contributed by atoms with Gasteiger partial charge in [0.2, 0.25) is 0 Å². The van der Waals surface area contributed by atoms with Gasteiger partial charge in [0.05, 0.1) is 12.7 Å². The van der Waals surface area contributed by atoms with E-state index in [-0.39, 0.29) is 5.78 Å². The molecule has 1 fully saturated rings. The van der Waals surface area contributed by atoms with Gasteiger partial charge in [-0.3, -0.25) is 4.79 Å². The molecule has 16 heavy (non-hydrogen) atoms. The molecule has 1 aromatic rings. The Balaban J connectivity index is 2.16. The predicted molar refractivity (Wildman–Crippen MR) is 59.2 cm³/mol. The zero-order valence-corrected chi connectivity index (χ0v) is 9.33. The predicted octanol–water partition coefficient (Wildman–Crippen LogP) is 3.21. The number of ketones is 1. The summed E-state index contributed by atoms with van der Waals surface area (Å²) >= 11 is 0. The molecule has 0 N–H and O–H groups in total. The van der Waals surface area contributed by atoms with Crippen molar-refractivity contribution in [3.63, 3.8) is 0 Å². The van der Waals surface area contributed by atoms with Crippen LogP contribution in [0.2, 0.25) is 0 Å². The van der Waals surface area contributed by atoms with Gasteiger partial charge >= 0.3 is 0 Å². The molecule has 0 unspecified atom stereocenters. The summed E-state index contributed by atoms with van der Waals surface area (Å²) in [6.45, 7) is 0. The molecular formula is C13H15FO2. The number of ether oxygens (including phenoxy) is 1. The molecule has 1 aliphatic carbocycles. The summed E-state index contributed by atoms with van der Waals surface area (Å²) in [5, 5.41) is 0. The van der Waals surface area contributed by atoms with Crippen molar-refractivity contribution in [2.45, 2.75) is 25.7 Å². The highest BCUT2D eigenvalue weighted by Gasteiger charge is 2.23. The number of methoxy groups -OCH3 is 1. The molecule has 1 aromatic carbocycles. The van der Waals surface area contributed by atoms with Crippen molar-refractivity contribution in [3.8, 4) is 5.75 Å². The van der Waals surface area contributed by atoms with Gasteiger partial charge in [0.15, 0.2) is 5.78 Å². The van der Waals surface area contributed by atoms with E-state index in [0.29, 0.717) is 23.7 Å². The molecule has 0 atom stereocenters. The lowest BCUT2D eigenvalue weighted by atomic mass is 9.81. The van der Waals surface area contributed by atoms with Crippen molar-refractivity contribution >= 4 is 5.78 Å².